The molecule has 0 heterocycles. The number of oxime groups is 1. The van der Waals surface area contributed by atoms with Gasteiger partial charge in [0.25, 0.3) is 0 Å². The van der Waals surface area contributed by atoms with E-state index in [0.717, 1.165) is 11.3 Å². The highest BCUT2D eigenvalue weighted by Crippen LogP contribution is 2.21. The molecule has 4 nitrogen and oxygen atoms in total. The molecule has 5 heteroatoms. The summed E-state index contributed by atoms with van der Waals surface area (Å²) in [5, 5.41) is 11.9. The zero-order chi connectivity index (χ0) is 14.5. The number of hydrogen-bond donors (Lipinski definition) is 2. The molecule has 20 heavy (non-hydrogen) atoms. The van der Waals surface area contributed by atoms with E-state index in [9.17, 15) is 4.39 Å². The van der Waals surface area contributed by atoms with Gasteiger partial charge in [0.2, 0.25) is 0 Å². The number of anilines is 1. The largest absolute Gasteiger partial charge is 0.409 e. The van der Waals surface area contributed by atoms with Crippen molar-refractivity contribution in [3.63, 3.8) is 0 Å². The fourth-order valence-electron chi connectivity index (χ4n) is 2.03. The van der Waals surface area contributed by atoms with Gasteiger partial charge in [-0.3, -0.25) is 0 Å². The van der Waals surface area contributed by atoms with Crippen LogP contribution in [0.15, 0.2) is 53.7 Å². The lowest BCUT2D eigenvalue weighted by Gasteiger charge is -2.22. The van der Waals surface area contributed by atoms with E-state index in [1.807, 2.05) is 30.1 Å². The van der Waals surface area contributed by atoms with E-state index in [-0.39, 0.29) is 11.7 Å². The second-order valence-corrected chi connectivity index (χ2v) is 4.48. The van der Waals surface area contributed by atoms with Crippen LogP contribution in [0.1, 0.15) is 11.1 Å². The maximum atomic E-state index is 12.9. The van der Waals surface area contributed by atoms with Gasteiger partial charge in [-0.2, -0.15) is 0 Å². The van der Waals surface area contributed by atoms with Gasteiger partial charge in [-0.25, -0.2) is 4.39 Å². The second kappa shape index (κ2) is 6.06. The van der Waals surface area contributed by atoms with Crippen molar-refractivity contribution < 1.29 is 9.60 Å². The third-order valence-electron chi connectivity index (χ3n) is 3.03. The summed E-state index contributed by atoms with van der Waals surface area (Å²) >= 11 is 0. The van der Waals surface area contributed by atoms with E-state index in [1.165, 1.54) is 12.1 Å². The maximum Gasteiger partial charge on any atom is 0.172 e. The Morgan fingerprint density at radius 2 is 1.85 bits per heavy atom. The number of nitrogens with zero attached hydrogens (tertiary/aromatic N) is 2. The van der Waals surface area contributed by atoms with Crippen molar-refractivity contribution in [3.8, 4) is 0 Å². The van der Waals surface area contributed by atoms with E-state index in [4.69, 9.17) is 10.9 Å². The summed E-state index contributed by atoms with van der Waals surface area (Å²) in [4.78, 5) is 1.96. The van der Waals surface area contributed by atoms with Gasteiger partial charge in [0, 0.05) is 24.8 Å². The topological polar surface area (TPSA) is 61.8 Å². The van der Waals surface area contributed by atoms with Gasteiger partial charge in [0.05, 0.1) is 0 Å². The molecule has 2 aromatic carbocycles. The van der Waals surface area contributed by atoms with Gasteiger partial charge in [-0.1, -0.05) is 29.4 Å². The molecule has 0 aliphatic rings. The number of benzene rings is 2. The van der Waals surface area contributed by atoms with Crippen molar-refractivity contribution in [2.75, 3.05) is 11.9 Å². The van der Waals surface area contributed by atoms with Gasteiger partial charge in [-0.05, 0) is 29.8 Å². The Kier molecular flexibility index (Phi) is 4.20. The van der Waals surface area contributed by atoms with Crippen LogP contribution in [0.5, 0.6) is 0 Å². The van der Waals surface area contributed by atoms with E-state index < -0.39 is 0 Å². The minimum absolute atomic E-state index is 0.0616. The quantitative estimate of drug-likeness (QED) is 0.389. The first kappa shape index (κ1) is 13.9. The average Bonchev–Trinajstić information content (AvgIpc) is 2.48. The summed E-state index contributed by atoms with van der Waals surface area (Å²) < 4.78 is 12.9. The molecule has 0 atom stereocenters. The van der Waals surface area contributed by atoms with Crippen LogP contribution in [0.3, 0.4) is 0 Å². The molecule has 0 amide bonds. The third kappa shape index (κ3) is 3.06. The molecule has 0 saturated carbocycles. The summed E-state index contributed by atoms with van der Waals surface area (Å²) in [6, 6.07) is 13.7. The smallest absolute Gasteiger partial charge is 0.172 e. The van der Waals surface area contributed by atoms with Crippen LogP contribution in [-0.2, 0) is 6.54 Å². The van der Waals surface area contributed by atoms with Gasteiger partial charge in [0.15, 0.2) is 5.84 Å². The van der Waals surface area contributed by atoms with Crippen LogP contribution in [0, 0.1) is 5.82 Å². The fraction of sp³-hybridized carbons (Fsp3) is 0.133. The van der Waals surface area contributed by atoms with Gasteiger partial charge >= 0.3 is 0 Å². The minimum Gasteiger partial charge on any atom is -0.409 e. The summed E-state index contributed by atoms with van der Waals surface area (Å²) in [6.07, 6.45) is 0. The minimum atomic E-state index is -0.256. The number of nitrogens with two attached hydrogens (primary N) is 1. The van der Waals surface area contributed by atoms with Crippen LogP contribution < -0.4 is 10.6 Å². The predicted octanol–water partition coefficient (Wildman–Crippen LogP) is 2.56. The number of para-hydroxylation sites is 1. The van der Waals surface area contributed by atoms with Crippen LogP contribution in [0.25, 0.3) is 0 Å². The van der Waals surface area contributed by atoms with Crippen molar-refractivity contribution in [2.24, 2.45) is 10.9 Å². The Balaban J connectivity index is 2.25. The molecule has 0 aromatic heterocycles. The zero-order valence-corrected chi connectivity index (χ0v) is 11.1. The Morgan fingerprint density at radius 3 is 2.50 bits per heavy atom. The molecule has 0 saturated heterocycles. The standard InChI is InChI=1S/C15H16FN3O/c1-19(10-11-6-8-12(16)9-7-11)14-5-3-2-4-13(14)15(17)18-20/h2-9,20H,10H2,1H3,(H2,17,18). The van der Waals surface area contributed by atoms with Crippen molar-refractivity contribution >= 4 is 11.5 Å². The molecule has 0 bridgehead atoms. The molecule has 0 fully saturated rings. The molecule has 0 radical (unpaired) electrons. The molecule has 2 rings (SSSR count). The van der Waals surface area contributed by atoms with E-state index in [2.05, 4.69) is 5.16 Å². The van der Waals surface area contributed by atoms with Crippen molar-refractivity contribution in [1.82, 2.24) is 0 Å². The molecule has 2 aromatic rings. The molecule has 0 unspecified atom stereocenters. The normalized spacial score (nSPS) is 11.4. The molecule has 104 valence electrons. The predicted molar refractivity (Wildman–Crippen MR) is 77.5 cm³/mol. The molecule has 0 aliphatic heterocycles. The third-order valence-corrected chi connectivity index (χ3v) is 3.03. The summed E-state index contributed by atoms with van der Waals surface area (Å²) in [5.41, 5.74) is 8.14. The highest BCUT2D eigenvalue weighted by atomic mass is 19.1. The molecular formula is C15H16FN3O. The second-order valence-electron chi connectivity index (χ2n) is 4.48. The van der Waals surface area contributed by atoms with Gasteiger partial charge < -0.3 is 15.8 Å². The Hall–Kier alpha value is -2.56. The van der Waals surface area contributed by atoms with Crippen molar-refractivity contribution in [3.05, 3.63) is 65.5 Å². The highest BCUT2D eigenvalue weighted by molar-refractivity contribution is 6.02. The lowest BCUT2D eigenvalue weighted by molar-refractivity contribution is 0.318. The van der Waals surface area contributed by atoms with Crippen LogP contribution in [0.2, 0.25) is 0 Å². The molecule has 0 spiro atoms. The van der Waals surface area contributed by atoms with Crippen LogP contribution in [0.4, 0.5) is 10.1 Å². The maximum absolute atomic E-state index is 12.9. The SMILES string of the molecule is CN(Cc1ccc(F)cc1)c1ccccc1C(N)=NO. The Morgan fingerprint density at radius 1 is 1.20 bits per heavy atom. The van der Waals surface area contributed by atoms with Crippen LogP contribution in [-0.4, -0.2) is 18.1 Å². The van der Waals surface area contributed by atoms with E-state index in [0.29, 0.717) is 12.1 Å². The number of rotatable bonds is 4. The van der Waals surface area contributed by atoms with Gasteiger partial charge in [-0.15, -0.1) is 0 Å². The first-order valence-electron chi connectivity index (χ1n) is 6.14. The van der Waals surface area contributed by atoms with Crippen LogP contribution >= 0.6 is 0 Å². The lowest BCUT2D eigenvalue weighted by atomic mass is 10.1. The van der Waals surface area contributed by atoms with Crippen molar-refractivity contribution in [2.45, 2.75) is 6.54 Å². The lowest BCUT2D eigenvalue weighted by Crippen LogP contribution is -2.22. The van der Waals surface area contributed by atoms with Crippen molar-refractivity contribution in [1.29, 1.82) is 0 Å². The number of halogens is 1. The van der Waals surface area contributed by atoms with E-state index >= 15 is 0 Å². The number of amidine groups is 1. The molecule has 0 aliphatic carbocycles. The van der Waals surface area contributed by atoms with Gasteiger partial charge in [0.1, 0.15) is 5.82 Å². The first-order valence-corrected chi connectivity index (χ1v) is 6.14. The first-order chi connectivity index (χ1) is 9.61. The summed E-state index contributed by atoms with van der Waals surface area (Å²) in [5.74, 6) is -0.194. The highest BCUT2D eigenvalue weighted by Gasteiger charge is 2.10. The Bertz CT molecular complexity index is 611. The number of hydrogen-bond acceptors (Lipinski definition) is 3. The summed E-state index contributed by atoms with van der Waals surface area (Å²) in [7, 11) is 1.90. The monoisotopic (exact) mass is 273 g/mol. The molecular weight excluding hydrogens is 257 g/mol. The average molecular weight is 273 g/mol. The fourth-order valence-corrected chi connectivity index (χ4v) is 2.03. The molecule has 3 N–H and O–H groups in total. The van der Waals surface area contributed by atoms with E-state index in [1.54, 1.807) is 18.2 Å². The Labute approximate surface area is 116 Å². The summed E-state index contributed by atoms with van der Waals surface area (Å²) in [6.45, 7) is 0.593. The zero-order valence-electron chi connectivity index (χ0n) is 11.1.